The summed E-state index contributed by atoms with van der Waals surface area (Å²) in [4.78, 5) is 27.1. The van der Waals surface area contributed by atoms with Gasteiger partial charge in [0.25, 0.3) is 0 Å². The van der Waals surface area contributed by atoms with Crippen LogP contribution in [0.3, 0.4) is 0 Å². The van der Waals surface area contributed by atoms with Crippen molar-refractivity contribution in [2.75, 3.05) is 25.0 Å². The number of nitrogens with one attached hydrogen (secondary N) is 1. The molecule has 2 aliphatic heterocycles. The number of nitrogens with zero attached hydrogens (tertiary/aromatic N) is 2. The summed E-state index contributed by atoms with van der Waals surface area (Å²) in [7, 11) is -3.52. The third-order valence-corrected chi connectivity index (χ3v) is 8.32. The summed E-state index contributed by atoms with van der Waals surface area (Å²) in [6.07, 6.45) is 4.06. The van der Waals surface area contributed by atoms with Gasteiger partial charge in [0.1, 0.15) is 0 Å². The van der Waals surface area contributed by atoms with Gasteiger partial charge in [-0.3, -0.25) is 9.59 Å². The largest absolute Gasteiger partial charge is 0.338 e. The molecule has 8 heteroatoms. The fourth-order valence-electron chi connectivity index (χ4n) is 4.40. The molecule has 1 N–H and O–H groups in total. The molecule has 0 spiro atoms. The molecule has 2 aliphatic rings. The molecule has 2 amide bonds. The lowest BCUT2D eigenvalue weighted by molar-refractivity contribution is -0.128. The Labute approximate surface area is 195 Å². The standard InChI is InChI=1S/C25H31N3O4S/c1-19-6-8-20(9-7-19)17-27-18-21(16-24(27)29)25(30)26-22-10-12-23(13-11-22)33(31,32)28-14-4-2-3-5-15-28/h6-13,21H,2-5,14-18H2,1H3,(H,26,30). The van der Waals surface area contributed by atoms with Gasteiger partial charge >= 0.3 is 0 Å². The second kappa shape index (κ2) is 10.1. The molecule has 7 nitrogen and oxygen atoms in total. The van der Waals surface area contributed by atoms with Gasteiger partial charge in [-0.05, 0) is 49.6 Å². The number of hydrogen-bond acceptors (Lipinski definition) is 4. The van der Waals surface area contributed by atoms with E-state index in [1.54, 1.807) is 33.5 Å². The molecule has 2 aromatic carbocycles. The van der Waals surface area contributed by atoms with Crippen LogP contribution in [0.15, 0.2) is 53.4 Å². The SMILES string of the molecule is Cc1ccc(CN2CC(C(=O)Nc3ccc(S(=O)(=O)N4CCCCCC4)cc3)CC2=O)cc1. The van der Waals surface area contributed by atoms with Crippen LogP contribution in [-0.4, -0.2) is 49.1 Å². The smallest absolute Gasteiger partial charge is 0.243 e. The summed E-state index contributed by atoms with van der Waals surface area (Å²) in [5, 5.41) is 2.84. The van der Waals surface area contributed by atoms with Crippen molar-refractivity contribution in [2.45, 2.75) is 50.5 Å². The third-order valence-electron chi connectivity index (χ3n) is 6.40. The Kier molecular flexibility index (Phi) is 7.14. The zero-order valence-electron chi connectivity index (χ0n) is 19.0. The highest BCUT2D eigenvalue weighted by atomic mass is 32.2. The lowest BCUT2D eigenvalue weighted by atomic mass is 10.1. The van der Waals surface area contributed by atoms with Gasteiger partial charge in [-0.25, -0.2) is 8.42 Å². The second-order valence-corrected chi connectivity index (χ2v) is 10.9. The zero-order valence-corrected chi connectivity index (χ0v) is 19.8. The van der Waals surface area contributed by atoms with Gasteiger partial charge in [0.15, 0.2) is 0 Å². The van der Waals surface area contributed by atoms with Crippen LogP contribution in [-0.2, 0) is 26.2 Å². The first kappa shape index (κ1) is 23.4. The van der Waals surface area contributed by atoms with E-state index in [0.717, 1.165) is 36.8 Å². The lowest BCUT2D eigenvalue weighted by Crippen LogP contribution is -2.32. The van der Waals surface area contributed by atoms with Crippen LogP contribution in [0.25, 0.3) is 0 Å². The maximum absolute atomic E-state index is 12.9. The number of amides is 2. The number of anilines is 1. The van der Waals surface area contributed by atoms with Crippen molar-refractivity contribution in [1.82, 2.24) is 9.21 Å². The molecule has 0 aromatic heterocycles. The molecule has 4 rings (SSSR count). The Morgan fingerprint density at radius 1 is 0.970 bits per heavy atom. The quantitative estimate of drug-likeness (QED) is 0.701. The molecule has 176 valence electrons. The summed E-state index contributed by atoms with van der Waals surface area (Å²) < 4.78 is 27.4. The van der Waals surface area contributed by atoms with E-state index in [0.29, 0.717) is 31.9 Å². The Hall–Kier alpha value is -2.71. The van der Waals surface area contributed by atoms with Crippen molar-refractivity contribution < 1.29 is 18.0 Å². The third kappa shape index (κ3) is 5.62. The van der Waals surface area contributed by atoms with Gasteiger partial charge in [-0.15, -0.1) is 0 Å². The summed E-state index contributed by atoms with van der Waals surface area (Å²) in [6, 6.07) is 14.3. The van der Waals surface area contributed by atoms with Crippen LogP contribution in [0.2, 0.25) is 0 Å². The van der Waals surface area contributed by atoms with Gasteiger partial charge in [0, 0.05) is 38.3 Å². The number of likely N-dealkylation sites (tertiary alicyclic amines) is 1. The highest BCUT2D eigenvalue weighted by Gasteiger charge is 2.34. The minimum absolute atomic E-state index is 0.0328. The van der Waals surface area contributed by atoms with Crippen molar-refractivity contribution in [3.63, 3.8) is 0 Å². The minimum atomic E-state index is -3.52. The van der Waals surface area contributed by atoms with Crippen LogP contribution in [0.5, 0.6) is 0 Å². The molecule has 0 aliphatic carbocycles. The first-order chi connectivity index (χ1) is 15.8. The molecule has 2 heterocycles. The summed E-state index contributed by atoms with van der Waals surface area (Å²) >= 11 is 0. The van der Waals surface area contributed by atoms with Crippen LogP contribution >= 0.6 is 0 Å². The van der Waals surface area contributed by atoms with E-state index in [4.69, 9.17) is 0 Å². The molecule has 0 radical (unpaired) electrons. The van der Waals surface area contributed by atoms with Crippen molar-refractivity contribution >= 4 is 27.5 Å². The zero-order chi connectivity index (χ0) is 23.4. The van der Waals surface area contributed by atoms with E-state index >= 15 is 0 Å². The van der Waals surface area contributed by atoms with Crippen LogP contribution in [0.4, 0.5) is 5.69 Å². The van der Waals surface area contributed by atoms with Gasteiger partial charge in [-0.1, -0.05) is 42.7 Å². The fourth-order valence-corrected chi connectivity index (χ4v) is 5.92. The number of hydrogen-bond donors (Lipinski definition) is 1. The number of carbonyl (C=O) groups is 2. The monoisotopic (exact) mass is 469 g/mol. The Morgan fingerprint density at radius 3 is 2.24 bits per heavy atom. The topological polar surface area (TPSA) is 86.8 Å². The molecule has 2 saturated heterocycles. The number of benzene rings is 2. The first-order valence-electron chi connectivity index (χ1n) is 11.6. The lowest BCUT2D eigenvalue weighted by Gasteiger charge is -2.20. The highest BCUT2D eigenvalue weighted by Crippen LogP contribution is 2.24. The van der Waals surface area contributed by atoms with E-state index in [1.165, 1.54) is 0 Å². The number of aryl methyl sites for hydroxylation is 1. The average molecular weight is 470 g/mol. The van der Waals surface area contributed by atoms with Crippen molar-refractivity contribution in [1.29, 1.82) is 0 Å². The van der Waals surface area contributed by atoms with Crippen molar-refractivity contribution in [3.8, 4) is 0 Å². The van der Waals surface area contributed by atoms with Gasteiger partial charge in [-0.2, -0.15) is 4.31 Å². The fraction of sp³-hybridized carbons (Fsp3) is 0.440. The average Bonchev–Trinajstić information content (AvgIpc) is 2.99. The minimum Gasteiger partial charge on any atom is -0.338 e. The van der Waals surface area contributed by atoms with Crippen molar-refractivity contribution in [3.05, 3.63) is 59.7 Å². The van der Waals surface area contributed by atoms with Crippen molar-refractivity contribution in [2.24, 2.45) is 5.92 Å². The number of carbonyl (C=O) groups excluding carboxylic acids is 2. The van der Waals surface area contributed by atoms with Gasteiger partial charge in [0.05, 0.1) is 10.8 Å². The summed E-state index contributed by atoms with van der Waals surface area (Å²) in [5.41, 5.74) is 2.73. The second-order valence-electron chi connectivity index (χ2n) is 8.99. The molecule has 1 unspecified atom stereocenters. The highest BCUT2D eigenvalue weighted by molar-refractivity contribution is 7.89. The maximum Gasteiger partial charge on any atom is 0.243 e. The van der Waals surface area contributed by atoms with Crippen LogP contribution in [0.1, 0.15) is 43.2 Å². The Bertz CT molecular complexity index is 1090. The molecule has 33 heavy (non-hydrogen) atoms. The number of rotatable bonds is 6. The molecule has 2 fully saturated rings. The van der Waals surface area contributed by atoms with E-state index in [2.05, 4.69) is 5.32 Å². The molecular weight excluding hydrogens is 438 g/mol. The number of sulfonamides is 1. The van der Waals surface area contributed by atoms with E-state index in [1.807, 2.05) is 31.2 Å². The van der Waals surface area contributed by atoms with Crippen LogP contribution in [0, 0.1) is 12.8 Å². The Morgan fingerprint density at radius 2 is 1.61 bits per heavy atom. The predicted molar refractivity (Wildman–Crippen MR) is 127 cm³/mol. The van der Waals surface area contributed by atoms with E-state index in [-0.39, 0.29) is 23.1 Å². The van der Waals surface area contributed by atoms with E-state index < -0.39 is 15.9 Å². The molecule has 2 aromatic rings. The summed E-state index contributed by atoms with van der Waals surface area (Å²) in [5.74, 6) is -0.684. The van der Waals surface area contributed by atoms with E-state index in [9.17, 15) is 18.0 Å². The molecular formula is C25H31N3O4S. The first-order valence-corrected chi connectivity index (χ1v) is 13.0. The van der Waals surface area contributed by atoms with Gasteiger partial charge < -0.3 is 10.2 Å². The Balaban J connectivity index is 1.35. The van der Waals surface area contributed by atoms with Gasteiger partial charge in [0.2, 0.25) is 21.8 Å². The summed E-state index contributed by atoms with van der Waals surface area (Å²) in [6.45, 7) is 3.99. The molecule has 1 atom stereocenters. The molecule has 0 bridgehead atoms. The predicted octanol–water partition coefficient (Wildman–Crippen LogP) is 3.55. The van der Waals surface area contributed by atoms with Crippen LogP contribution < -0.4 is 5.32 Å². The normalized spacial score (nSPS) is 20.0. The maximum atomic E-state index is 12.9. The molecule has 0 saturated carbocycles.